The molecule has 2 aromatic heterocycles. The van der Waals surface area contributed by atoms with E-state index < -0.39 is 36.3 Å². The van der Waals surface area contributed by atoms with E-state index in [-0.39, 0.29) is 47.7 Å². The van der Waals surface area contributed by atoms with E-state index in [1.807, 2.05) is 0 Å². The number of amides is 1. The third-order valence-electron chi connectivity index (χ3n) is 6.32. The lowest BCUT2D eigenvalue weighted by molar-refractivity contribution is 0.00763. The summed E-state index contributed by atoms with van der Waals surface area (Å²) in [5, 5.41) is 24.6. The van der Waals surface area contributed by atoms with Crippen LogP contribution in [0, 0.1) is 5.82 Å². The number of rotatable bonds is 7. The van der Waals surface area contributed by atoms with Gasteiger partial charge in [-0.15, -0.1) is 0 Å². The van der Waals surface area contributed by atoms with Crippen LogP contribution >= 0.6 is 11.6 Å². The van der Waals surface area contributed by atoms with E-state index in [0.717, 1.165) is 0 Å². The Labute approximate surface area is 224 Å². The Morgan fingerprint density at radius 1 is 1.34 bits per heavy atom. The van der Waals surface area contributed by atoms with Gasteiger partial charge in [0.25, 0.3) is 0 Å². The normalized spacial score (nSPS) is 15.9. The van der Waals surface area contributed by atoms with E-state index in [1.54, 1.807) is 34.6 Å². The summed E-state index contributed by atoms with van der Waals surface area (Å²) in [7, 11) is 0. The molecule has 3 aromatic rings. The zero-order valence-electron chi connectivity index (χ0n) is 21.9. The molecule has 38 heavy (non-hydrogen) atoms. The lowest BCUT2D eigenvalue weighted by Crippen LogP contribution is -2.50. The van der Waals surface area contributed by atoms with Gasteiger partial charge in [-0.2, -0.15) is 5.10 Å². The van der Waals surface area contributed by atoms with E-state index in [0.29, 0.717) is 22.3 Å². The number of nitrogens with zero attached hydrogens (tertiary/aromatic N) is 5. The zero-order chi connectivity index (χ0) is 27.9. The molecule has 4 rings (SSSR count). The molecule has 1 amide bonds. The first-order valence-corrected chi connectivity index (χ1v) is 12.7. The average molecular weight is 551 g/mol. The highest BCUT2D eigenvalue weighted by molar-refractivity contribution is 6.31. The van der Waals surface area contributed by atoms with E-state index in [4.69, 9.17) is 26.8 Å². The molecule has 206 valence electrons. The molecule has 2 unspecified atom stereocenters. The molecule has 13 heteroatoms. The lowest BCUT2D eigenvalue weighted by Gasteiger charge is -2.41. The minimum atomic E-state index is -1.31. The van der Waals surface area contributed by atoms with Crippen molar-refractivity contribution in [2.75, 3.05) is 32.0 Å². The average Bonchev–Trinajstić information content (AvgIpc) is 3.21. The van der Waals surface area contributed by atoms with Crippen LogP contribution in [0.5, 0.6) is 5.75 Å². The van der Waals surface area contributed by atoms with Gasteiger partial charge in [0, 0.05) is 30.1 Å². The Bertz CT molecular complexity index is 1350. The number of aliphatic hydroxyl groups excluding tert-OH is 2. The minimum absolute atomic E-state index is 0.0931. The summed E-state index contributed by atoms with van der Waals surface area (Å²) in [5.41, 5.74) is 6.63. The number of aliphatic hydroxyl groups is 2. The first-order valence-electron chi connectivity index (χ1n) is 12.3. The number of anilines is 1. The SMILES string of the molecule is CCOc1c(C(C)n2nc(C(O)CO)c3c(N)ncnc32)cc(Cl)c(F)c1C1CN(C(=O)OC(C)(C)C)C1. The smallest absolute Gasteiger partial charge is 0.410 e. The maximum absolute atomic E-state index is 15.5. The van der Waals surface area contributed by atoms with Gasteiger partial charge in [0.1, 0.15) is 41.1 Å². The van der Waals surface area contributed by atoms with Gasteiger partial charge in [0.15, 0.2) is 5.65 Å². The Hall–Kier alpha value is -3.22. The number of halogens is 2. The number of nitrogen functional groups attached to an aromatic ring is 1. The summed E-state index contributed by atoms with van der Waals surface area (Å²) in [6.45, 7) is 9.06. The van der Waals surface area contributed by atoms with Gasteiger partial charge in [-0.25, -0.2) is 23.8 Å². The molecule has 11 nitrogen and oxygen atoms in total. The van der Waals surface area contributed by atoms with Crippen LogP contribution in [0.2, 0.25) is 5.02 Å². The molecule has 1 saturated heterocycles. The molecule has 1 aromatic carbocycles. The van der Waals surface area contributed by atoms with Crippen LogP contribution in [0.1, 0.15) is 69.5 Å². The number of ether oxygens (including phenoxy) is 2. The summed E-state index contributed by atoms with van der Waals surface area (Å²) in [4.78, 5) is 22.2. The van der Waals surface area contributed by atoms with Gasteiger partial charge < -0.3 is 30.3 Å². The fourth-order valence-corrected chi connectivity index (χ4v) is 4.73. The van der Waals surface area contributed by atoms with Gasteiger partial charge >= 0.3 is 6.09 Å². The number of benzene rings is 1. The van der Waals surface area contributed by atoms with Crippen LogP contribution in [-0.2, 0) is 4.74 Å². The second kappa shape index (κ2) is 10.5. The van der Waals surface area contributed by atoms with E-state index in [9.17, 15) is 15.0 Å². The second-order valence-corrected chi connectivity index (χ2v) is 10.6. The molecule has 1 aliphatic rings. The largest absolute Gasteiger partial charge is 0.493 e. The molecule has 0 radical (unpaired) electrons. The monoisotopic (exact) mass is 550 g/mol. The number of nitrogens with two attached hydrogens (primary N) is 1. The standard InChI is InChI=1S/C25H32ClFN6O5/c1-6-37-21-14(12(2)33-23-18(22(28)29-11-30-23)20(31-33)16(35)10-34)7-15(26)19(27)17(21)13-8-32(9-13)24(36)38-25(3,4)5/h7,11-13,16,34-35H,6,8-10H2,1-5H3,(H2,28,29,30). The molecule has 0 saturated carbocycles. The van der Waals surface area contributed by atoms with Crippen LogP contribution in [0.4, 0.5) is 15.0 Å². The van der Waals surface area contributed by atoms with Gasteiger partial charge in [-0.05, 0) is 40.7 Å². The highest BCUT2D eigenvalue weighted by Gasteiger charge is 2.39. The fraction of sp³-hybridized carbons (Fsp3) is 0.520. The van der Waals surface area contributed by atoms with Crippen LogP contribution in [0.25, 0.3) is 11.0 Å². The van der Waals surface area contributed by atoms with Crippen molar-refractivity contribution in [3.8, 4) is 5.75 Å². The third-order valence-corrected chi connectivity index (χ3v) is 6.59. The number of aromatic nitrogens is 4. The van der Waals surface area contributed by atoms with Gasteiger partial charge in [-0.3, -0.25) is 0 Å². The van der Waals surface area contributed by atoms with Gasteiger partial charge in [-0.1, -0.05) is 11.6 Å². The minimum Gasteiger partial charge on any atom is -0.493 e. The Kier molecular flexibility index (Phi) is 7.69. The first-order chi connectivity index (χ1) is 17.9. The molecule has 1 fully saturated rings. The molecule has 1 aliphatic heterocycles. The van der Waals surface area contributed by atoms with E-state index >= 15 is 4.39 Å². The molecule has 0 spiro atoms. The number of fused-ring (bicyclic) bond motifs is 1. The molecule has 0 bridgehead atoms. The second-order valence-electron chi connectivity index (χ2n) is 10.2. The number of hydrogen-bond acceptors (Lipinski definition) is 9. The molecular formula is C25H32ClFN6O5. The van der Waals surface area contributed by atoms with Crippen molar-refractivity contribution in [1.82, 2.24) is 24.6 Å². The zero-order valence-corrected chi connectivity index (χ0v) is 22.7. The Morgan fingerprint density at radius 3 is 2.63 bits per heavy atom. The van der Waals surface area contributed by atoms with Crippen LogP contribution in [0.15, 0.2) is 12.4 Å². The number of carbonyl (C=O) groups is 1. The predicted octanol–water partition coefficient (Wildman–Crippen LogP) is 3.57. The molecular weight excluding hydrogens is 519 g/mol. The van der Waals surface area contributed by atoms with Crippen molar-refractivity contribution in [3.63, 3.8) is 0 Å². The summed E-state index contributed by atoms with van der Waals surface area (Å²) in [5.74, 6) is -0.595. The molecule has 2 atom stereocenters. The van der Waals surface area contributed by atoms with Crippen LogP contribution in [0.3, 0.4) is 0 Å². The number of hydrogen-bond donors (Lipinski definition) is 3. The summed E-state index contributed by atoms with van der Waals surface area (Å²) in [6.07, 6.45) is -0.520. The maximum Gasteiger partial charge on any atom is 0.410 e. The molecule has 3 heterocycles. The highest BCUT2D eigenvalue weighted by atomic mass is 35.5. The van der Waals surface area contributed by atoms with Crippen molar-refractivity contribution in [2.24, 2.45) is 0 Å². The fourth-order valence-electron chi connectivity index (χ4n) is 4.51. The quantitative estimate of drug-likeness (QED) is 0.401. The molecule has 0 aliphatic carbocycles. The number of carbonyl (C=O) groups excluding carboxylic acids is 1. The van der Waals surface area contributed by atoms with Crippen molar-refractivity contribution >= 4 is 34.5 Å². The lowest BCUT2D eigenvalue weighted by atomic mass is 9.88. The Morgan fingerprint density at radius 2 is 2.03 bits per heavy atom. The first kappa shape index (κ1) is 27.8. The van der Waals surface area contributed by atoms with Crippen LogP contribution < -0.4 is 10.5 Å². The van der Waals surface area contributed by atoms with Crippen molar-refractivity contribution in [1.29, 1.82) is 0 Å². The van der Waals surface area contributed by atoms with E-state index in [2.05, 4.69) is 15.1 Å². The van der Waals surface area contributed by atoms with Crippen LogP contribution in [-0.4, -0.2) is 72.9 Å². The predicted molar refractivity (Wildman–Crippen MR) is 139 cm³/mol. The molecule has 4 N–H and O–H groups in total. The number of likely N-dealkylation sites (tertiary alicyclic amines) is 1. The van der Waals surface area contributed by atoms with E-state index in [1.165, 1.54) is 22.0 Å². The Balaban J connectivity index is 1.78. The van der Waals surface area contributed by atoms with Gasteiger partial charge in [0.2, 0.25) is 0 Å². The summed E-state index contributed by atoms with van der Waals surface area (Å²) < 4.78 is 28.4. The van der Waals surface area contributed by atoms with Gasteiger partial charge in [0.05, 0.1) is 29.7 Å². The van der Waals surface area contributed by atoms with Crippen molar-refractivity contribution in [3.05, 3.63) is 40.1 Å². The maximum atomic E-state index is 15.5. The summed E-state index contributed by atoms with van der Waals surface area (Å²) in [6, 6.07) is 0.868. The van der Waals surface area contributed by atoms with Crippen molar-refractivity contribution in [2.45, 2.75) is 58.3 Å². The topological polar surface area (TPSA) is 149 Å². The van der Waals surface area contributed by atoms with Crippen molar-refractivity contribution < 1.29 is 28.9 Å². The third kappa shape index (κ3) is 5.07. The highest BCUT2D eigenvalue weighted by Crippen LogP contribution is 2.44. The summed E-state index contributed by atoms with van der Waals surface area (Å²) >= 11 is 6.37.